The van der Waals surface area contributed by atoms with E-state index in [0.29, 0.717) is 25.7 Å². The summed E-state index contributed by atoms with van der Waals surface area (Å²) in [5, 5.41) is 10.6. The van der Waals surface area contributed by atoms with E-state index in [2.05, 4.69) is 41.5 Å². The van der Waals surface area contributed by atoms with Gasteiger partial charge in [0.2, 0.25) is 0 Å². The molecular formula is C73H142O17P2. The SMILES string of the molecule is CCCCCCCCCCCC(=O)O[C@H](COC(=O)CCCCCCCCC)COP(=O)(O)OC[C@H](O)COP(=O)(O)OC[C@@H](COC(=O)CCCCCCCCCCCCCCCCC(C)C)OC(=O)CCCCCCCCCCCCCCCCCCC(C)C. The van der Waals surface area contributed by atoms with Crippen LogP contribution in [0.4, 0.5) is 0 Å². The molecular weight excluding hydrogens is 1210 g/mol. The third kappa shape index (κ3) is 66.7. The first-order valence-electron chi connectivity index (χ1n) is 38.0. The van der Waals surface area contributed by atoms with Gasteiger partial charge >= 0.3 is 39.5 Å². The summed E-state index contributed by atoms with van der Waals surface area (Å²) in [5.41, 5.74) is 0. The van der Waals surface area contributed by atoms with Crippen LogP contribution in [-0.4, -0.2) is 96.7 Å². The Bertz CT molecular complexity index is 1790. The molecule has 0 fully saturated rings. The molecule has 0 saturated heterocycles. The molecule has 0 spiro atoms. The van der Waals surface area contributed by atoms with Crippen LogP contribution in [-0.2, 0) is 65.4 Å². The van der Waals surface area contributed by atoms with E-state index in [9.17, 15) is 43.2 Å². The summed E-state index contributed by atoms with van der Waals surface area (Å²) in [5.74, 6) is -0.517. The highest BCUT2D eigenvalue weighted by molar-refractivity contribution is 7.47. The van der Waals surface area contributed by atoms with Crippen LogP contribution in [0.1, 0.15) is 375 Å². The molecule has 0 aliphatic carbocycles. The molecule has 0 aliphatic rings. The summed E-state index contributed by atoms with van der Waals surface area (Å²) in [6, 6.07) is 0. The summed E-state index contributed by atoms with van der Waals surface area (Å²) >= 11 is 0. The maximum absolute atomic E-state index is 13.1. The van der Waals surface area contributed by atoms with Gasteiger partial charge in [-0.05, 0) is 37.5 Å². The summed E-state index contributed by atoms with van der Waals surface area (Å²) < 4.78 is 68.2. The van der Waals surface area contributed by atoms with Crippen molar-refractivity contribution in [3.8, 4) is 0 Å². The second-order valence-electron chi connectivity index (χ2n) is 27.3. The molecule has 17 nitrogen and oxygen atoms in total. The standard InChI is InChI=1S/C73H142O17P2/c1-7-9-11-13-15-30-39-45-51-57-72(77)89-68(61-83-70(75)55-49-43-35-14-12-10-8-2)63-87-91(79,80)85-59-67(74)60-86-92(81,82)88-64-69(62-84-71(76)56-50-44-38-33-28-24-21-20-23-27-32-37-42-48-54-66(5)6)90-73(78)58-52-46-40-34-29-25-19-17-16-18-22-26-31-36-41-47-53-65(3)4/h65-69,74H,7-64H2,1-6H3,(H,79,80)(H,81,82)/t67-,68+,69+/m0/s1. The molecule has 3 N–H and O–H groups in total. The number of hydrogen-bond donors (Lipinski definition) is 3. The number of phosphoric ester groups is 2. The van der Waals surface area contributed by atoms with Crippen LogP contribution in [0.3, 0.4) is 0 Å². The third-order valence-corrected chi connectivity index (χ3v) is 18.9. The van der Waals surface area contributed by atoms with Crippen molar-refractivity contribution in [2.45, 2.75) is 394 Å². The maximum atomic E-state index is 13.1. The molecule has 0 heterocycles. The monoisotopic (exact) mass is 1350 g/mol. The van der Waals surface area contributed by atoms with E-state index >= 15 is 0 Å². The molecule has 0 amide bonds. The lowest BCUT2D eigenvalue weighted by atomic mass is 10.0. The first kappa shape index (κ1) is 90.1. The Balaban J connectivity index is 5.16. The number of ether oxygens (including phenoxy) is 4. The molecule has 2 unspecified atom stereocenters. The molecule has 0 rings (SSSR count). The molecule has 19 heteroatoms. The predicted octanol–water partition coefficient (Wildman–Crippen LogP) is 21.2. The number of hydrogen-bond acceptors (Lipinski definition) is 15. The van der Waals surface area contributed by atoms with Crippen molar-refractivity contribution in [1.29, 1.82) is 0 Å². The number of carbonyl (C=O) groups is 4. The minimum Gasteiger partial charge on any atom is -0.462 e. The molecule has 0 aromatic heterocycles. The van der Waals surface area contributed by atoms with E-state index in [1.54, 1.807) is 0 Å². The molecule has 92 heavy (non-hydrogen) atoms. The van der Waals surface area contributed by atoms with Crippen molar-refractivity contribution in [1.82, 2.24) is 0 Å². The van der Waals surface area contributed by atoms with E-state index in [1.165, 1.54) is 180 Å². The third-order valence-electron chi connectivity index (χ3n) is 17.0. The lowest BCUT2D eigenvalue weighted by Crippen LogP contribution is -2.30. The maximum Gasteiger partial charge on any atom is 0.472 e. The van der Waals surface area contributed by atoms with Crippen LogP contribution in [0.15, 0.2) is 0 Å². The number of aliphatic hydroxyl groups is 1. The minimum atomic E-state index is -4.95. The van der Waals surface area contributed by atoms with Crippen LogP contribution < -0.4 is 0 Å². The average Bonchev–Trinajstić information content (AvgIpc) is 3.26. The highest BCUT2D eigenvalue weighted by atomic mass is 31.2. The fraction of sp³-hybridized carbons (Fsp3) is 0.945. The summed E-state index contributed by atoms with van der Waals surface area (Å²) in [4.78, 5) is 72.4. The minimum absolute atomic E-state index is 0.105. The van der Waals surface area contributed by atoms with Gasteiger partial charge in [0.25, 0.3) is 0 Å². The van der Waals surface area contributed by atoms with Gasteiger partial charge in [-0.2, -0.15) is 0 Å². The number of aliphatic hydroxyl groups excluding tert-OH is 1. The zero-order chi connectivity index (χ0) is 67.9. The Morgan fingerprint density at radius 2 is 0.500 bits per heavy atom. The highest BCUT2D eigenvalue weighted by Crippen LogP contribution is 2.45. The zero-order valence-electron chi connectivity index (χ0n) is 59.9. The number of esters is 4. The average molecular weight is 1350 g/mol. The Morgan fingerprint density at radius 1 is 0.293 bits per heavy atom. The van der Waals surface area contributed by atoms with Crippen molar-refractivity contribution in [3.63, 3.8) is 0 Å². The topological polar surface area (TPSA) is 237 Å². The molecule has 0 saturated carbocycles. The van der Waals surface area contributed by atoms with E-state index in [1.807, 2.05) is 0 Å². The number of phosphoric acid groups is 2. The van der Waals surface area contributed by atoms with Crippen LogP contribution in [0.2, 0.25) is 0 Å². The normalized spacial score (nSPS) is 14.1. The van der Waals surface area contributed by atoms with E-state index < -0.39 is 97.5 Å². The first-order valence-corrected chi connectivity index (χ1v) is 41.0. The number of rotatable bonds is 72. The number of unbranched alkanes of at least 4 members (excludes halogenated alkanes) is 42. The second-order valence-corrected chi connectivity index (χ2v) is 30.2. The van der Waals surface area contributed by atoms with Crippen LogP contribution in [0.25, 0.3) is 0 Å². The Hall–Kier alpha value is -1.94. The van der Waals surface area contributed by atoms with Gasteiger partial charge in [-0.3, -0.25) is 37.3 Å². The van der Waals surface area contributed by atoms with Gasteiger partial charge in [-0.25, -0.2) is 9.13 Å². The molecule has 0 aromatic rings. The lowest BCUT2D eigenvalue weighted by Gasteiger charge is -2.21. The Labute approximate surface area is 562 Å². The summed E-state index contributed by atoms with van der Waals surface area (Å²) in [6.45, 7) is 9.57. The summed E-state index contributed by atoms with van der Waals surface area (Å²) in [6.07, 6.45) is 51.5. The highest BCUT2D eigenvalue weighted by Gasteiger charge is 2.30. The van der Waals surface area contributed by atoms with Gasteiger partial charge in [-0.1, -0.05) is 324 Å². The van der Waals surface area contributed by atoms with Gasteiger partial charge in [0.15, 0.2) is 12.2 Å². The molecule has 0 bridgehead atoms. The first-order chi connectivity index (χ1) is 44.4. The van der Waals surface area contributed by atoms with Crippen molar-refractivity contribution in [3.05, 3.63) is 0 Å². The largest absolute Gasteiger partial charge is 0.472 e. The van der Waals surface area contributed by atoms with Gasteiger partial charge in [0.1, 0.15) is 19.3 Å². The Kier molecular flexibility index (Phi) is 63.7. The Morgan fingerprint density at radius 3 is 0.739 bits per heavy atom. The van der Waals surface area contributed by atoms with Crippen molar-refractivity contribution in [2.24, 2.45) is 11.8 Å². The van der Waals surface area contributed by atoms with E-state index in [-0.39, 0.29) is 25.7 Å². The zero-order valence-corrected chi connectivity index (χ0v) is 61.6. The van der Waals surface area contributed by atoms with Crippen molar-refractivity contribution in [2.75, 3.05) is 39.6 Å². The fourth-order valence-corrected chi connectivity index (χ4v) is 12.7. The predicted molar refractivity (Wildman–Crippen MR) is 372 cm³/mol. The van der Waals surface area contributed by atoms with Crippen LogP contribution in [0, 0.1) is 11.8 Å². The van der Waals surface area contributed by atoms with Crippen LogP contribution >= 0.6 is 15.6 Å². The molecule has 5 atom stereocenters. The van der Waals surface area contributed by atoms with Gasteiger partial charge < -0.3 is 33.8 Å². The van der Waals surface area contributed by atoms with Gasteiger partial charge in [0, 0.05) is 25.7 Å². The number of carbonyl (C=O) groups excluding carboxylic acids is 4. The molecule has 0 radical (unpaired) electrons. The van der Waals surface area contributed by atoms with Crippen molar-refractivity contribution >= 4 is 39.5 Å². The van der Waals surface area contributed by atoms with Crippen LogP contribution in [0.5, 0.6) is 0 Å². The molecule has 546 valence electrons. The quantitative estimate of drug-likeness (QED) is 0.0222. The van der Waals surface area contributed by atoms with E-state index in [0.717, 1.165) is 115 Å². The van der Waals surface area contributed by atoms with Gasteiger partial charge in [-0.15, -0.1) is 0 Å². The lowest BCUT2D eigenvalue weighted by molar-refractivity contribution is -0.161. The smallest absolute Gasteiger partial charge is 0.462 e. The molecule has 0 aromatic carbocycles. The summed E-state index contributed by atoms with van der Waals surface area (Å²) in [7, 11) is -9.90. The molecule has 0 aliphatic heterocycles. The van der Waals surface area contributed by atoms with Gasteiger partial charge in [0.05, 0.1) is 26.4 Å². The fourth-order valence-electron chi connectivity index (χ4n) is 11.1. The van der Waals surface area contributed by atoms with Crippen molar-refractivity contribution < 1.29 is 80.2 Å². The second kappa shape index (κ2) is 65.0. The van der Waals surface area contributed by atoms with E-state index in [4.69, 9.17) is 37.0 Å².